The minimum atomic E-state index is 0.0582. The lowest BCUT2D eigenvalue weighted by atomic mass is 10.0. The lowest BCUT2D eigenvalue weighted by Crippen LogP contribution is -2.31. The molecule has 2 aromatic carbocycles. The van der Waals surface area contributed by atoms with Crippen LogP contribution in [0.1, 0.15) is 30.4 Å². The SMILES string of the molecule is Cc1ccc(-c2nn(-c3ccccc3)cc2CCC(=O)NCC2CCCO2)cc1. The standard InChI is InChI=1S/C24H27N3O2/c1-18-9-11-19(12-10-18)24-20(17-27(26-24)21-6-3-2-4-7-21)13-14-23(28)25-16-22-8-5-15-29-22/h2-4,6-7,9-12,17,22H,5,8,13-16H2,1H3,(H,25,28). The molecular formula is C24H27N3O2. The van der Waals surface area contributed by atoms with Crippen LogP contribution in [0.25, 0.3) is 16.9 Å². The summed E-state index contributed by atoms with van der Waals surface area (Å²) in [4.78, 5) is 12.3. The summed E-state index contributed by atoms with van der Waals surface area (Å²) in [7, 11) is 0. The number of amides is 1. The molecule has 0 aliphatic carbocycles. The number of aryl methyl sites for hydroxylation is 2. The van der Waals surface area contributed by atoms with E-state index < -0.39 is 0 Å². The van der Waals surface area contributed by atoms with Crippen molar-refractivity contribution in [1.29, 1.82) is 0 Å². The van der Waals surface area contributed by atoms with Gasteiger partial charge in [-0.05, 0) is 43.9 Å². The minimum Gasteiger partial charge on any atom is -0.376 e. The van der Waals surface area contributed by atoms with Crippen LogP contribution in [-0.2, 0) is 16.0 Å². The Labute approximate surface area is 171 Å². The van der Waals surface area contributed by atoms with E-state index in [0.717, 1.165) is 42.0 Å². The Morgan fingerprint density at radius 2 is 1.97 bits per heavy atom. The second kappa shape index (κ2) is 9.05. The molecule has 1 amide bonds. The topological polar surface area (TPSA) is 56.2 Å². The van der Waals surface area contributed by atoms with Gasteiger partial charge >= 0.3 is 0 Å². The van der Waals surface area contributed by atoms with Crippen LogP contribution < -0.4 is 5.32 Å². The third-order valence-electron chi connectivity index (χ3n) is 5.31. The van der Waals surface area contributed by atoms with Crippen LogP contribution in [-0.4, -0.2) is 34.9 Å². The van der Waals surface area contributed by atoms with Gasteiger partial charge in [0, 0.05) is 31.3 Å². The Balaban J connectivity index is 1.50. The second-order valence-electron chi connectivity index (χ2n) is 7.59. The van der Waals surface area contributed by atoms with E-state index in [2.05, 4.69) is 36.5 Å². The van der Waals surface area contributed by atoms with Crippen LogP contribution in [0.2, 0.25) is 0 Å². The van der Waals surface area contributed by atoms with Gasteiger partial charge in [0.05, 0.1) is 17.5 Å². The number of para-hydroxylation sites is 1. The molecule has 4 rings (SSSR count). The van der Waals surface area contributed by atoms with Crippen molar-refractivity contribution in [3.63, 3.8) is 0 Å². The lowest BCUT2D eigenvalue weighted by molar-refractivity contribution is -0.121. The predicted octanol–water partition coefficient (Wildman–Crippen LogP) is 4.08. The Morgan fingerprint density at radius 3 is 2.69 bits per heavy atom. The smallest absolute Gasteiger partial charge is 0.220 e. The van der Waals surface area contributed by atoms with Crippen molar-refractivity contribution >= 4 is 5.91 Å². The van der Waals surface area contributed by atoms with Gasteiger partial charge in [-0.2, -0.15) is 5.10 Å². The molecule has 1 fully saturated rings. The molecule has 3 aromatic rings. The fourth-order valence-electron chi connectivity index (χ4n) is 3.63. The van der Waals surface area contributed by atoms with Crippen molar-refractivity contribution in [2.45, 2.75) is 38.7 Å². The highest BCUT2D eigenvalue weighted by atomic mass is 16.5. The first-order valence-electron chi connectivity index (χ1n) is 10.3. The van der Waals surface area contributed by atoms with Gasteiger partial charge in [-0.1, -0.05) is 48.0 Å². The van der Waals surface area contributed by atoms with E-state index in [9.17, 15) is 4.79 Å². The van der Waals surface area contributed by atoms with E-state index in [1.165, 1.54) is 5.56 Å². The number of hydrogen-bond donors (Lipinski definition) is 1. The van der Waals surface area contributed by atoms with Gasteiger partial charge in [0.2, 0.25) is 5.91 Å². The van der Waals surface area contributed by atoms with Crippen molar-refractivity contribution in [1.82, 2.24) is 15.1 Å². The third kappa shape index (κ3) is 4.93. The van der Waals surface area contributed by atoms with E-state index >= 15 is 0 Å². The van der Waals surface area contributed by atoms with Crippen LogP contribution in [0.15, 0.2) is 60.8 Å². The molecule has 0 radical (unpaired) electrons. The Morgan fingerprint density at radius 1 is 1.17 bits per heavy atom. The third-order valence-corrected chi connectivity index (χ3v) is 5.31. The van der Waals surface area contributed by atoms with Crippen LogP contribution in [0.5, 0.6) is 0 Å². The highest BCUT2D eigenvalue weighted by Crippen LogP contribution is 2.25. The highest BCUT2D eigenvalue weighted by Gasteiger charge is 2.17. The summed E-state index contributed by atoms with van der Waals surface area (Å²) in [5.74, 6) is 0.0582. The number of rotatable bonds is 7. The van der Waals surface area contributed by atoms with E-state index in [4.69, 9.17) is 9.84 Å². The van der Waals surface area contributed by atoms with Gasteiger partial charge in [0.15, 0.2) is 0 Å². The van der Waals surface area contributed by atoms with Crippen molar-refractivity contribution in [3.8, 4) is 16.9 Å². The number of aromatic nitrogens is 2. The summed E-state index contributed by atoms with van der Waals surface area (Å²) in [5, 5.41) is 7.84. The first-order valence-corrected chi connectivity index (χ1v) is 10.3. The van der Waals surface area contributed by atoms with Crippen LogP contribution in [0, 0.1) is 6.92 Å². The maximum Gasteiger partial charge on any atom is 0.220 e. The molecular weight excluding hydrogens is 362 g/mol. The zero-order valence-corrected chi connectivity index (χ0v) is 16.8. The van der Waals surface area contributed by atoms with Crippen molar-refractivity contribution in [3.05, 3.63) is 71.9 Å². The zero-order valence-electron chi connectivity index (χ0n) is 16.8. The van der Waals surface area contributed by atoms with Crippen molar-refractivity contribution < 1.29 is 9.53 Å². The molecule has 0 saturated carbocycles. The average molecular weight is 389 g/mol. The molecule has 5 nitrogen and oxygen atoms in total. The molecule has 1 aliphatic heterocycles. The molecule has 1 N–H and O–H groups in total. The number of carbonyl (C=O) groups excluding carboxylic acids is 1. The number of benzene rings is 2. The van der Waals surface area contributed by atoms with Gasteiger partial charge in [-0.25, -0.2) is 4.68 Å². The van der Waals surface area contributed by atoms with Gasteiger partial charge < -0.3 is 10.1 Å². The molecule has 0 spiro atoms. The predicted molar refractivity (Wildman–Crippen MR) is 114 cm³/mol. The van der Waals surface area contributed by atoms with Gasteiger partial charge in [0.1, 0.15) is 0 Å². The average Bonchev–Trinajstić information content (AvgIpc) is 3.42. The molecule has 5 heteroatoms. The monoisotopic (exact) mass is 389 g/mol. The molecule has 2 heterocycles. The fourth-order valence-corrected chi connectivity index (χ4v) is 3.63. The largest absolute Gasteiger partial charge is 0.376 e. The first kappa shape index (κ1) is 19.4. The van der Waals surface area contributed by atoms with Crippen molar-refractivity contribution in [2.24, 2.45) is 0 Å². The number of nitrogens with one attached hydrogen (secondary N) is 1. The summed E-state index contributed by atoms with van der Waals surface area (Å²) in [5.41, 5.74) is 5.30. The maximum atomic E-state index is 12.3. The van der Waals surface area contributed by atoms with Crippen LogP contribution >= 0.6 is 0 Å². The van der Waals surface area contributed by atoms with Crippen LogP contribution in [0.4, 0.5) is 0 Å². The molecule has 0 bridgehead atoms. The van der Waals surface area contributed by atoms with E-state index in [0.29, 0.717) is 19.4 Å². The molecule has 1 saturated heterocycles. The van der Waals surface area contributed by atoms with E-state index in [1.807, 2.05) is 41.2 Å². The number of nitrogens with zero attached hydrogens (tertiary/aromatic N) is 2. The molecule has 1 unspecified atom stereocenters. The van der Waals surface area contributed by atoms with Gasteiger partial charge in [-0.15, -0.1) is 0 Å². The summed E-state index contributed by atoms with van der Waals surface area (Å²) in [6.07, 6.45) is 5.40. The first-order chi connectivity index (χ1) is 14.2. The lowest BCUT2D eigenvalue weighted by Gasteiger charge is -2.10. The summed E-state index contributed by atoms with van der Waals surface area (Å²) in [6, 6.07) is 18.4. The minimum absolute atomic E-state index is 0.0582. The zero-order chi connectivity index (χ0) is 20.1. The van der Waals surface area contributed by atoms with Crippen LogP contribution in [0.3, 0.4) is 0 Å². The Hall–Kier alpha value is -2.92. The fraction of sp³-hybridized carbons (Fsp3) is 0.333. The maximum absolute atomic E-state index is 12.3. The highest BCUT2D eigenvalue weighted by molar-refractivity contribution is 5.76. The van der Waals surface area contributed by atoms with Gasteiger partial charge in [0.25, 0.3) is 0 Å². The molecule has 1 atom stereocenters. The molecule has 1 aromatic heterocycles. The van der Waals surface area contributed by atoms with E-state index in [1.54, 1.807) is 0 Å². The summed E-state index contributed by atoms with van der Waals surface area (Å²) in [6.45, 7) is 3.48. The summed E-state index contributed by atoms with van der Waals surface area (Å²) < 4.78 is 7.47. The number of carbonyl (C=O) groups is 1. The Bertz CT molecular complexity index is 942. The number of hydrogen-bond acceptors (Lipinski definition) is 3. The quantitative estimate of drug-likeness (QED) is 0.663. The molecule has 1 aliphatic rings. The number of ether oxygens (including phenoxy) is 1. The van der Waals surface area contributed by atoms with Crippen molar-refractivity contribution in [2.75, 3.05) is 13.2 Å². The normalized spacial score (nSPS) is 16.1. The second-order valence-corrected chi connectivity index (χ2v) is 7.59. The van der Waals surface area contributed by atoms with E-state index in [-0.39, 0.29) is 12.0 Å². The molecule has 29 heavy (non-hydrogen) atoms. The molecule has 150 valence electrons. The van der Waals surface area contributed by atoms with Gasteiger partial charge in [-0.3, -0.25) is 4.79 Å². The Kier molecular flexibility index (Phi) is 6.06. The summed E-state index contributed by atoms with van der Waals surface area (Å²) >= 11 is 0.